The van der Waals surface area contributed by atoms with E-state index in [9.17, 15) is 4.79 Å². The number of thiocarbonyl (C=S) groups is 1. The number of pyridine rings is 1. The Bertz CT molecular complexity index is 1100. The van der Waals surface area contributed by atoms with Gasteiger partial charge >= 0.3 is 0 Å². The van der Waals surface area contributed by atoms with Crippen LogP contribution < -0.4 is 15.6 Å². The van der Waals surface area contributed by atoms with Crippen LogP contribution >= 0.6 is 12.2 Å². The molecule has 1 aromatic heterocycles. The molecular weight excluding hydrogens is 422 g/mol. The van der Waals surface area contributed by atoms with Crippen molar-refractivity contribution in [1.29, 1.82) is 0 Å². The second-order valence-electron chi connectivity index (χ2n) is 7.68. The van der Waals surface area contributed by atoms with Gasteiger partial charge in [0.15, 0.2) is 5.11 Å². The average molecular weight is 454 g/mol. The van der Waals surface area contributed by atoms with Crippen molar-refractivity contribution < 1.29 is 9.47 Å². The van der Waals surface area contributed by atoms with Gasteiger partial charge in [-0.1, -0.05) is 25.1 Å². The number of aromatic amines is 1. The van der Waals surface area contributed by atoms with Crippen LogP contribution in [0.5, 0.6) is 5.75 Å². The molecule has 170 valence electrons. The zero-order valence-corrected chi connectivity index (χ0v) is 19.8. The lowest BCUT2D eigenvalue weighted by Crippen LogP contribution is -2.40. The average Bonchev–Trinajstić information content (AvgIpc) is 2.81. The van der Waals surface area contributed by atoms with Crippen molar-refractivity contribution in [2.45, 2.75) is 32.9 Å². The molecule has 1 heterocycles. The van der Waals surface area contributed by atoms with Crippen molar-refractivity contribution in [3.8, 4) is 5.75 Å². The number of aryl methyl sites for hydroxylation is 1. The Morgan fingerprint density at radius 3 is 2.50 bits per heavy atom. The summed E-state index contributed by atoms with van der Waals surface area (Å²) in [6.07, 6.45) is 1.80. The number of hydrogen-bond donors (Lipinski definition) is 2. The van der Waals surface area contributed by atoms with Crippen LogP contribution in [0.15, 0.2) is 53.3 Å². The van der Waals surface area contributed by atoms with E-state index in [0.717, 1.165) is 35.1 Å². The van der Waals surface area contributed by atoms with Crippen LogP contribution in [-0.4, -0.2) is 42.4 Å². The maximum atomic E-state index is 12.8. The maximum absolute atomic E-state index is 12.8. The largest absolute Gasteiger partial charge is 0.497 e. The zero-order valence-electron chi connectivity index (χ0n) is 18.9. The molecule has 0 aliphatic carbocycles. The summed E-state index contributed by atoms with van der Waals surface area (Å²) >= 11 is 5.69. The van der Waals surface area contributed by atoms with E-state index < -0.39 is 0 Å². The van der Waals surface area contributed by atoms with Gasteiger partial charge in [0.1, 0.15) is 5.75 Å². The molecule has 0 amide bonds. The molecule has 3 aromatic rings. The highest BCUT2D eigenvalue weighted by Gasteiger charge is 2.14. The van der Waals surface area contributed by atoms with Gasteiger partial charge in [0.25, 0.3) is 5.56 Å². The number of fused-ring (bicyclic) bond motifs is 1. The van der Waals surface area contributed by atoms with Gasteiger partial charge in [-0.25, -0.2) is 0 Å². The lowest BCUT2D eigenvalue weighted by molar-refractivity contribution is 0.195. The Morgan fingerprint density at radius 1 is 1.06 bits per heavy atom. The number of nitrogens with zero attached hydrogens (tertiary/aromatic N) is 1. The van der Waals surface area contributed by atoms with E-state index in [1.54, 1.807) is 14.2 Å². The van der Waals surface area contributed by atoms with Crippen LogP contribution in [0.4, 0.5) is 0 Å². The standard InChI is InChI=1S/C25H31N3O3S/c1-4-18-8-11-23-20(14-18)15-21(24(29)27-23)17-28(25(32)26-12-5-13-30-2)16-19-6-9-22(31-3)10-7-19/h6-11,14-15H,4-5,12-13,16-17H2,1-3H3,(H,26,32)(H,27,29). The fraction of sp³-hybridized carbons (Fsp3) is 0.360. The first kappa shape index (κ1) is 23.8. The third kappa shape index (κ3) is 6.31. The summed E-state index contributed by atoms with van der Waals surface area (Å²) in [6, 6.07) is 16.0. The minimum atomic E-state index is -0.0938. The second-order valence-corrected chi connectivity index (χ2v) is 8.07. The molecule has 0 aliphatic rings. The highest BCUT2D eigenvalue weighted by molar-refractivity contribution is 7.80. The second kappa shape index (κ2) is 11.6. The number of aromatic nitrogens is 1. The van der Waals surface area contributed by atoms with Gasteiger partial charge in [0.05, 0.1) is 13.7 Å². The predicted molar refractivity (Wildman–Crippen MR) is 133 cm³/mol. The van der Waals surface area contributed by atoms with E-state index in [-0.39, 0.29) is 5.56 Å². The van der Waals surface area contributed by atoms with Crippen LogP contribution in [0.3, 0.4) is 0 Å². The topological polar surface area (TPSA) is 66.6 Å². The molecular formula is C25H31N3O3S. The van der Waals surface area contributed by atoms with Crippen molar-refractivity contribution in [1.82, 2.24) is 15.2 Å². The molecule has 0 bridgehead atoms. The first-order valence-corrected chi connectivity index (χ1v) is 11.2. The molecule has 0 radical (unpaired) electrons. The molecule has 0 fully saturated rings. The summed E-state index contributed by atoms with van der Waals surface area (Å²) in [7, 11) is 3.33. The smallest absolute Gasteiger partial charge is 0.253 e. The number of H-pyrrole nitrogens is 1. The number of nitrogens with one attached hydrogen (secondary N) is 2. The van der Waals surface area contributed by atoms with E-state index in [4.69, 9.17) is 21.7 Å². The number of rotatable bonds is 10. The van der Waals surface area contributed by atoms with Crippen molar-refractivity contribution in [2.75, 3.05) is 27.4 Å². The van der Waals surface area contributed by atoms with E-state index in [1.165, 1.54) is 5.56 Å². The summed E-state index contributed by atoms with van der Waals surface area (Å²) in [5.41, 5.74) is 3.75. The number of hydrogen-bond acceptors (Lipinski definition) is 4. The molecule has 0 atom stereocenters. The Kier molecular flexibility index (Phi) is 8.64. The van der Waals surface area contributed by atoms with Gasteiger partial charge in [-0.15, -0.1) is 0 Å². The summed E-state index contributed by atoms with van der Waals surface area (Å²) in [5, 5.41) is 4.94. The lowest BCUT2D eigenvalue weighted by atomic mass is 10.1. The van der Waals surface area contributed by atoms with Gasteiger partial charge in [0, 0.05) is 37.9 Å². The third-order valence-corrected chi connectivity index (χ3v) is 5.78. The Labute approximate surface area is 194 Å². The molecule has 3 rings (SSSR count). The molecule has 7 heteroatoms. The van der Waals surface area contributed by atoms with Gasteiger partial charge in [0.2, 0.25) is 0 Å². The molecule has 0 spiro atoms. The van der Waals surface area contributed by atoms with Gasteiger partial charge in [-0.05, 0) is 71.9 Å². The molecule has 2 N–H and O–H groups in total. The third-order valence-electron chi connectivity index (χ3n) is 5.38. The van der Waals surface area contributed by atoms with Gasteiger partial charge in [-0.2, -0.15) is 0 Å². The van der Waals surface area contributed by atoms with Crippen LogP contribution in [-0.2, 0) is 24.2 Å². The summed E-state index contributed by atoms with van der Waals surface area (Å²) in [4.78, 5) is 17.8. The molecule has 0 aliphatic heterocycles. The Balaban J connectivity index is 1.85. The monoisotopic (exact) mass is 453 g/mol. The minimum absolute atomic E-state index is 0.0938. The molecule has 0 saturated carbocycles. The highest BCUT2D eigenvalue weighted by atomic mass is 32.1. The normalized spacial score (nSPS) is 10.8. The van der Waals surface area contributed by atoms with E-state index in [1.807, 2.05) is 47.4 Å². The van der Waals surface area contributed by atoms with E-state index in [2.05, 4.69) is 23.3 Å². The van der Waals surface area contributed by atoms with Crippen LogP contribution in [0.25, 0.3) is 10.9 Å². The first-order valence-electron chi connectivity index (χ1n) is 10.8. The zero-order chi connectivity index (χ0) is 22.9. The van der Waals surface area contributed by atoms with Gasteiger partial charge < -0.3 is 24.7 Å². The first-order chi connectivity index (χ1) is 15.5. The highest BCUT2D eigenvalue weighted by Crippen LogP contribution is 2.17. The van der Waals surface area contributed by atoms with E-state index in [0.29, 0.717) is 36.9 Å². The summed E-state index contributed by atoms with van der Waals surface area (Å²) in [6.45, 7) is 4.48. The SMILES string of the molecule is CCc1ccc2[nH]c(=O)c(CN(Cc3ccc(OC)cc3)C(=S)NCCCOC)cc2c1. The van der Waals surface area contributed by atoms with E-state index >= 15 is 0 Å². The molecule has 6 nitrogen and oxygen atoms in total. The molecule has 0 unspecified atom stereocenters. The van der Waals surface area contributed by atoms with Crippen molar-refractivity contribution in [3.63, 3.8) is 0 Å². The Morgan fingerprint density at radius 2 is 1.81 bits per heavy atom. The molecule has 0 saturated heterocycles. The molecule has 2 aromatic carbocycles. The quantitative estimate of drug-likeness (QED) is 0.357. The minimum Gasteiger partial charge on any atom is -0.497 e. The van der Waals surface area contributed by atoms with Crippen LogP contribution in [0, 0.1) is 0 Å². The van der Waals surface area contributed by atoms with Crippen LogP contribution in [0.1, 0.15) is 30.0 Å². The fourth-order valence-electron chi connectivity index (χ4n) is 3.52. The Hall–Kier alpha value is -2.90. The summed E-state index contributed by atoms with van der Waals surface area (Å²) < 4.78 is 10.4. The fourth-order valence-corrected chi connectivity index (χ4v) is 3.75. The number of methoxy groups -OCH3 is 2. The van der Waals surface area contributed by atoms with Crippen LogP contribution in [0.2, 0.25) is 0 Å². The van der Waals surface area contributed by atoms with Crippen molar-refractivity contribution in [3.05, 3.63) is 75.6 Å². The van der Waals surface area contributed by atoms with Gasteiger partial charge in [-0.3, -0.25) is 4.79 Å². The lowest BCUT2D eigenvalue weighted by Gasteiger charge is -2.26. The maximum Gasteiger partial charge on any atom is 0.253 e. The predicted octanol–water partition coefficient (Wildman–Crippen LogP) is 4.01. The summed E-state index contributed by atoms with van der Waals surface area (Å²) in [5.74, 6) is 0.804. The number of ether oxygens (including phenoxy) is 2. The van der Waals surface area contributed by atoms with Crippen molar-refractivity contribution >= 4 is 28.2 Å². The van der Waals surface area contributed by atoms with Crippen molar-refractivity contribution in [2.24, 2.45) is 0 Å². The molecule has 32 heavy (non-hydrogen) atoms. The number of benzene rings is 2.